The number of ether oxygens (including phenoxy) is 1. The van der Waals surface area contributed by atoms with E-state index in [1.807, 2.05) is 0 Å². The zero-order chi connectivity index (χ0) is 12.7. The molecule has 17 heavy (non-hydrogen) atoms. The van der Waals surface area contributed by atoms with Crippen LogP contribution in [0.5, 0.6) is 0 Å². The van der Waals surface area contributed by atoms with Gasteiger partial charge in [-0.3, -0.25) is 0 Å². The minimum absolute atomic E-state index is 0.0464. The van der Waals surface area contributed by atoms with Gasteiger partial charge in [0, 0.05) is 11.5 Å². The largest absolute Gasteiger partial charge is 0.363 e. The first-order chi connectivity index (χ1) is 7.85. The lowest BCUT2D eigenvalue weighted by Crippen LogP contribution is -2.36. The van der Waals surface area contributed by atoms with Crippen LogP contribution in [0.3, 0.4) is 0 Å². The third-order valence-corrected chi connectivity index (χ3v) is 5.05. The number of nitrogens with one attached hydrogen (secondary N) is 1. The number of halogens is 2. The van der Waals surface area contributed by atoms with E-state index in [0.29, 0.717) is 12.8 Å². The monoisotopic (exact) mass is 270 g/mol. The summed E-state index contributed by atoms with van der Waals surface area (Å²) in [5.74, 6) is -0.831. The van der Waals surface area contributed by atoms with E-state index < -0.39 is 27.9 Å². The van der Waals surface area contributed by atoms with Gasteiger partial charge in [0.05, 0.1) is 11.9 Å². The standard InChI is InChI=1S/C9H16F2N2O3S/c10-8(11)7-3-9(7,12)4-16-5-13-17(14,15)6-1-2-6/h6-8,13H,1-5,12H2/t7-,9-/m0/s1. The predicted molar refractivity (Wildman–Crippen MR) is 56.9 cm³/mol. The van der Waals surface area contributed by atoms with Crippen molar-refractivity contribution in [2.24, 2.45) is 11.7 Å². The normalized spacial score (nSPS) is 33.1. The van der Waals surface area contributed by atoms with Crippen LogP contribution in [0.2, 0.25) is 0 Å². The van der Waals surface area contributed by atoms with Crippen LogP contribution in [0, 0.1) is 5.92 Å². The van der Waals surface area contributed by atoms with Gasteiger partial charge in [-0.1, -0.05) is 0 Å². The topological polar surface area (TPSA) is 81.4 Å². The van der Waals surface area contributed by atoms with Crippen molar-refractivity contribution in [3.05, 3.63) is 0 Å². The molecular formula is C9H16F2N2O3S. The van der Waals surface area contributed by atoms with Crippen molar-refractivity contribution in [1.29, 1.82) is 0 Å². The van der Waals surface area contributed by atoms with E-state index >= 15 is 0 Å². The highest BCUT2D eigenvalue weighted by Gasteiger charge is 2.56. The first-order valence-corrected chi connectivity index (χ1v) is 7.03. The Kier molecular flexibility index (Phi) is 3.41. The average Bonchev–Trinajstić information content (AvgIpc) is 3.06. The summed E-state index contributed by atoms with van der Waals surface area (Å²) in [6, 6.07) is 0. The molecule has 2 aliphatic carbocycles. The highest BCUT2D eigenvalue weighted by Crippen LogP contribution is 2.45. The number of nitrogens with two attached hydrogens (primary N) is 1. The quantitative estimate of drug-likeness (QED) is 0.505. The minimum atomic E-state index is -3.28. The Morgan fingerprint density at radius 1 is 1.47 bits per heavy atom. The molecule has 100 valence electrons. The Balaban J connectivity index is 1.64. The minimum Gasteiger partial charge on any atom is -0.363 e. The summed E-state index contributed by atoms with van der Waals surface area (Å²) in [5, 5.41) is -0.312. The van der Waals surface area contributed by atoms with Gasteiger partial charge in [-0.2, -0.15) is 4.72 Å². The summed E-state index contributed by atoms with van der Waals surface area (Å²) in [6.07, 6.45) is -0.875. The first-order valence-electron chi connectivity index (χ1n) is 5.48. The van der Waals surface area contributed by atoms with Crippen LogP contribution in [-0.4, -0.2) is 39.0 Å². The Bertz CT molecular complexity index is 386. The second kappa shape index (κ2) is 4.42. The van der Waals surface area contributed by atoms with E-state index in [-0.39, 0.29) is 25.0 Å². The van der Waals surface area contributed by atoms with Gasteiger partial charge >= 0.3 is 0 Å². The lowest BCUT2D eigenvalue weighted by Gasteiger charge is -2.12. The van der Waals surface area contributed by atoms with Crippen LogP contribution >= 0.6 is 0 Å². The van der Waals surface area contributed by atoms with Gasteiger partial charge in [0.15, 0.2) is 0 Å². The molecule has 0 unspecified atom stereocenters. The van der Waals surface area contributed by atoms with Gasteiger partial charge in [0.2, 0.25) is 16.4 Å². The second-order valence-corrected chi connectivity index (χ2v) is 6.81. The fraction of sp³-hybridized carbons (Fsp3) is 1.00. The van der Waals surface area contributed by atoms with E-state index in [9.17, 15) is 17.2 Å². The molecule has 0 heterocycles. The average molecular weight is 270 g/mol. The summed E-state index contributed by atoms with van der Waals surface area (Å²) in [4.78, 5) is 0. The predicted octanol–water partition coefficient (Wildman–Crippen LogP) is 0.0248. The fourth-order valence-corrected chi connectivity index (χ4v) is 2.96. The SMILES string of the molecule is N[C@]1(COCNS(=O)(=O)C2CC2)C[C@H]1C(F)F. The Labute approximate surface area is 98.7 Å². The van der Waals surface area contributed by atoms with Gasteiger partial charge in [-0.05, 0) is 19.3 Å². The van der Waals surface area contributed by atoms with Gasteiger partial charge < -0.3 is 10.5 Å². The van der Waals surface area contributed by atoms with E-state index in [4.69, 9.17) is 10.5 Å². The third kappa shape index (κ3) is 3.12. The van der Waals surface area contributed by atoms with E-state index in [2.05, 4.69) is 4.72 Å². The Morgan fingerprint density at radius 2 is 2.12 bits per heavy atom. The molecule has 2 rings (SSSR count). The number of hydrogen-bond acceptors (Lipinski definition) is 4. The van der Waals surface area contributed by atoms with Gasteiger partial charge in [0.25, 0.3) is 0 Å². The molecule has 0 aromatic carbocycles. The van der Waals surface area contributed by atoms with Crippen LogP contribution in [0.4, 0.5) is 8.78 Å². The number of sulfonamides is 1. The molecule has 2 saturated carbocycles. The lowest BCUT2D eigenvalue weighted by molar-refractivity contribution is 0.0748. The zero-order valence-electron chi connectivity index (χ0n) is 9.23. The maximum atomic E-state index is 12.3. The van der Waals surface area contributed by atoms with Crippen LogP contribution in [0.1, 0.15) is 19.3 Å². The maximum absolute atomic E-state index is 12.3. The van der Waals surface area contributed by atoms with E-state index in [1.54, 1.807) is 0 Å². The van der Waals surface area contributed by atoms with Crippen molar-refractivity contribution in [3.63, 3.8) is 0 Å². The molecule has 0 amide bonds. The number of hydrogen-bond donors (Lipinski definition) is 2. The number of alkyl halides is 2. The van der Waals surface area contributed by atoms with Crippen molar-refractivity contribution in [1.82, 2.24) is 4.72 Å². The van der Waals surface area contributed by atoms with Crippen molar-refractivity contribution in [2.75, 3.05) is 13.3 Å². The molecule has 2 atom stereocenters. The van der Waals surface area contributed by atoms with Crippen LogP contribution in [0.25, 0.3) is 0 Å². The summed E-state index contributed by atoms with van der Waals surface area (Å²) in [6.45, 7) is -0.247. The molecule has 0 aliphatic heterocycles. The molecule has 0 radical (unpaired) electrons. The molecule has 0 bridgehead atoms. The third-order valence-electron chi connectivity index (χ3n) is 3.18. The molecule has 0 aromatic rings. The summed E-state index contributed by atoms with van der Waals surface area (Å²) in [7, 11) is -3.28. The van der Waals surface area contributed by atoms with Crippen molar-refractivity contribution in [3.8, 4) is 0 Å². The van der Waals surface area contributed by atoms with Crippen molar-refractivity contribution < 1.29 is 21.9 Å². The summed E-state index contributed by atoms with van der Waals surface area (Å²) < 4.78 is 54.6. The molecule has 5 nitrogen and oxygen atoms in total. The van der Waals surface area contributed by atoms with Crippen LogP contribution < -0.4 is 10.5 Å². The molecule has 0 spiro atoms. The molecule has 2 aliphatic rings. The lowest BCUT2D eigenvalue weighted by atomic mass is 10.2. The van der Waals surface area contributed by atoms with Gasteiger partial charge in [-0.25, -0.2) is 17.2 Å². The van der Waals surface area contributed by atoms with Gasteiger partial charge in [0.1, 0.15) is 6.73 Å². The van der Waals surface area contributed by atoms with Crippen LogP contribution in [-0.2, 0) is 14.8 Å². The van der Waals surface area contributed by atoms with Crippen molar-refractivity contribution in [2.45, 2.75) is 36.5 Å². The summed E-state index contributed by atoms with van der Waals surface area (Å²) >= 11 is 0. The molecular weight excluding hydrogens is 254 g/mol. The number of rotatable bonds is 7. The second-order valence-electron chi connectivity index (χ2n) is 4.76. The zero-order valence-corrected chi connectivity index (χ0v) is 10.1. The fourth-order valence-electron chi connectivity index (χ4n) is 1.72. The molecule has 0 saturated heterocycles. The Morgan fingerprint density at radius 3 is 2.59 bits per heavy atom. The summed E-state index contributed by atoms with van der Waals surface area (Å²) in [5.41, 5.74) is 4.64. The van der Waals surface area contributed by atoms with E-state index in [0.717, 1.165) is 0 Å². The van der Waals surface area contributed by atoms with Gasteiger partial charge in [-0.15, -0.1) is 0 Å². The van der Waals surface area contributed by atoms with Crippen LogP contribution in [0.15, 0.2) is 0 Å². The molecule has 3 N–H and O–H groups in total. The van der Waals surface area contributed by atoms with E-state index in [1.165, 1.54) is 0 Å². The molecule has 8 heteroatoms. The molecule has 0 aromatic heterocycles. The Hall–Kier alpha value is -0.310. The highest BCUT2D eigenvalue weighted by molar-refractivity contribution is 7.90. The maximum Gasteiger partial charge on any atom is 0.243 e. The smallest absolute Gasteiger partial charge is 0.243 e. The van der Waals surface area contributed by atoms with Crippen molar-refractivity contribution >= 4 is 10.0 Å². The first kappa shape index (κ1) is 13.1. The highest BCUT2D eigenvalue weighted by atomic mass is 32.2. The molecule has 2 fully saturated rings.